The van der Waals surface area contributed by atoms with Gasteiger partial charge in [-0.1, -0.05) is 0 Å². The van der Waals surface area contributed by atoms with Crippen LogP contribution >= 0.6 is 0 Å². The highest BCUT2D eigenvalue weighted by Crippen LogP contribution is 2.28. The molecule has 0 fully saturated rings. The van der Waals surface area contributed by atoms with E-state index in [0.717, 1.165) is 0 Å². The summed E-state index contributed by atoms with van der Waals surface area (Å²) < 4.78 is 24.6. The zero-order valence-corrected chi connectivity index (χ0v) is 11.2. The summed E-state index contributed by atoms with van der Waals surface area (Å²) in [6.45, 7) is 5.70. The fraction of sp³-hybridized carbons (Fsp3) is 0.357. The number of hydrogen-bond acceptors (Lipinski definition) is 4. The van der Waals surface area contributed by atoms with E-state index in [1.165, 1.54) is 6.07 Å². The van der Waals surface area contributed by atoms with Gasteiger partial charge in [0.15, 0.2) is 11.6 Å². The third-order valence-electron chi connectivity index (χ3n) is 2.58. The molecule has 0 aliphatic rings. The predicted molar refractivity (Wildman–Crippen MR) is 70.3 cm³/mol. The Morgan fingerprint density at radius 3 is 2.68 bits per heavy atom. The number of ether oxygens (including phenoxy) is 1. The zero-order chi connectivity index (χ0) is 14.0. The van der Waals surface area contributed by atoms with E-state index in [4.69, 9.17) is 14.9 Å². The van der Waals surface area contributed by atoms with Crippen LogP contribution < -0.4 is 10.5 Å². The minimum atomic E-state index is -0.414. The summed E-state index contributed by atoms with van der Waals surface area (Å²) in [4.78, 5) is 4.23. The third kappa shape index (κ3) is 2.93. The standard InChI is InChI=1S/C14H17FN2O2/c1-8(2)18-12-5-4-10(6-11(12)15)14-9(3)19-13(7-16)17-14/h4-6,8H,7,16H2,1-3H3. The molecular formula is C14H17FN2O2. The van der Waals surface area contributed by atoms with Gasteiger partial charge in [0.2, 0.25) is 5.89 Å². The van der Waals surface area contributed by atoms with Gasteiger partial charge in [-0.25, -0.2) is 9.37 Å². The highest BCUT2D eigenvalue weighted by atomic mass is 19.1. The summed E-state index contributed by atoms with van der Waals surface area (Å²) in [6, 6.07) is 4.75. The Labute approximate surface area is 111 Å². The van der Waals surface area contributed by atoms with Gasteiger partial charge in [-0.3, -0.25) is 0 Å². The van der Waals surface area contributed by atoms with Crippen LogP contribution in [0.25, 0.3) is 11.3 Å². The van der Waals surface area contributed by atoms with Gasteiger partial charge in [-0.15, -0.1) is 0 Å². The lowest BCUT2D eigenvalue weighted by atomic mass is 10.1. The topological polar surface area (TPSA) is 61.3 Å². The molecule has 1 heterocycles. The molecule has 5 heteroatoms. The van der Waals surface area contributed by atoms with Crippen LogP contribution in [-0.4, -0.2) is 11.1 Å². The molecule has 1 aromatic heterocycles. The van der Waals surface area contributed by atoms with E-state index in [0.29, 0.717) is 22.9 Å². The first-order valence-electron chi connectivity index (χ1n) is 6.14. The summed E-state index contributed by atoms with van der Waals surface area (Å²) in [5.41, 5.74) is 6.72. The average molecular weight is 264 g/mol. The van der Waals surface area contributed by atoms with E-state index in [9.17, 15) is 4.39 Å². The summed E-state index contributed by atoms with van der Waals surface area (Å²) in [5.74, 6) is 0.884. The van der Waals surface area contributed by atoms with Crippen LogP contribution in [0.5, 0.6) is 5.75 Å². The van der Waals surface area contributed by atoms with Crippen LogP contribution in [0.1, 0.15) is 25.5 Å². The molecule has 0 atom stereocenters. The van der Waals surface area contributed by atoms with Crippen molar-refractivity contribution in [2.75, 3.05) is 0 Å². The molecule has 102 valence electrons. The Balaban J connectivity index is 2.35. The van der Waals surface area contributed by atoms with Gasteiger partial charge in [0.05, 0.1) is 12.6 Å². The maximum Gasteiger partial charge on any atom is 0.208 e. The van der Waals surface area contributed by atoms with Gasteiger partial charge in [-0.05, 0) is 39.0 Å². The van der Waals surface area contributed by atoms with Crippen molar-refractivity contribution in [1.29, 1.82) is 0 Å². The summed E-state index contributed by atoms with van der Waals surface area (Å²) in [5, 5.41) is 0. The van der Waals surface area contributed by atoms with E-state index >= 15 is 0 Å². The summed E-state index contributed by atoms with van der Waals surface area (Å²) in [6.07, 6.45) is -0.0713. The van der Waals surface area contributed by atoms with Crippen molar-refractivity contribution in [3.05, 3.63) is 35.7 Å². The quantitative estimate of drug-likeness (QED) is 0.922. The number of nitrogens with zero attached hydrogens (tertiary/aromatic N) is 1. The Kier molecular flexibility index (Phi) is 3.85. The predicted octanol–water partition coefficient (Wildman–Crippen LogP) is 3.04. The number of aromatic nitrogens is 1. The molecule has 2 aromatic rings. The lowest BCUT2D eigenvalue weighted by Gasteiger charge is -2.11. The van der Waals surface area contributed by atoms with E-state index in [2.05, 4.69) is 4.98 Å². The maximum atomic E-state index is 13.9. The van der Waals surface area contributed by atoms with E-state index in [1.54, 1.807) is 19.1 Å². The third-order valence-corrected chi connectivity index (χ3v) is 2.58. The molecule has 0 spiro atoms. The molecular weight excluding hydrogens is 247 g/mol. The maximum absolute atomic E-state index is 13.9. The lowest BCUT2D eigenvalue weighted by Crippen LogP contribution is -2.06. The number of hydrogen-bond donors (Lipinski definition) is 1. The number of halogens is 1. The minimum absolute atomic E-state index is 0.0713. The SMILES string of the molecule is Cc1oc(CN)nc1-c1ccc(OC(C)C)c(F)c1. The van der Waals surface area contributed by atoms with Gasteiger partial charge in [-0.2, -0.15) is 0 Å². The normalized spacial score (nSPS) is 11.1. The first kappa shape index (κ1) is 13.5. The fourth-order valence-corrected chi connectivity index (χ4v) is 1.80. The van der Waals surface area contributed by atoms with E-state index < -0.39 is 5.82 Å². The van der Waals surface area contributed by atoms with Crippen LogP contribution in [0.3, 0.4) is 0 Å². The molecule has 2 N–H and O–H groups in total. The molecule has 0 radical (unpaired) electrons. The highest BCUT2D eigenvalue weighted by molar-refractivity contribution is 5.62. The Morgan fingerprint density at radius 2 is 2.16 bits per heavy atom. The number of rotatable bonds is 4. The van der Waals surface area contributed by atoms with E-state index in [-0.39, 0.29) is 18.4 Å². The number of aryl methyl sites for hydroxylation is 1. The smallest absolute Gasteiger partial charge is 0.208 e. The molecule has 0 aliphatic carbocycles. The summed E-state index contributed by atoms with van der Waals surface area (Å²) >= 11 is 0. The van der Waals surface area contributed by atoms with Crippen LogP contribution in [0.4, 0.5) is 4.39 Å². The summed E-state index contributed by atoms with van der Waals surface area (Å²) in [7, 11) is 0. The molecule has 19 heavy (non-hydrogen) atoms. The lowest BCUT2D eigenvalue weighted by molar-refractivity contribution is 0.231. The highest BCUT2D eigenvalue weighted by Gasteiger charge is 2.13. The van der Waals surface area contributed by atoms with Gasteiger partial charge in [0.1, 0.15) is 11.5 Å². The molecule has 0 amide bonds. The van der Waals surface area contributed by atoms with Crippen molar-refractivity contribution in [2.24, 2.45) is 5.73 Å². The largest absolute Gasteiger partial charge is 0.488 e. The molecule has 0 bridgehead atoms. The molecule has 0 unspecified atom stereocenters. The van der Waals surface area contributed by atoms with Crippen LogP contribution in [0, 0.1) is 12.7 Å². The van der Waals surface area contributed by atoms with Crippen molar-refractivity contribution < 1.29 is 13.5 Å². The second-order valence-corrected chi connectivity index (χ2v) is 4.53. The van der Waals surface area contributed by atoms with Crippen molar-refractivity contribution in [3.8, 4) is 17.0 Å². The monoisotopic (exact) mass is 264 g/mol. The first-order valence-corrected chi connectivity index (χ1v) is 6.14. The minimum Gasteiger partial charge on any atom is -0.488 e. The number of oxazole rings is 1. The molecule has 0 saturated heterocycles. The van der Waals surface area contributed by atoms with Crippen molar-refractivity contribution in [1.82, 2.24) is 4.98 Å². The molecule has 4 nitrogen and oxygen atoms in total. The second-order valence-electron chi connectivity index (χ2n) is 4.53. The van der Waals surface area contributed by atoms with Crippen LogP contribution in [-0.2, 0) is 6.54 Å². The van der Waals surface area contributed by atoms with Gasteiger partial charge >= 0.3 is 0 Å². The van der Waals surface area contributed by atoms with Crippen molar-refractivity contribution in [2.45, 2.75) is 33.4 Å². The van der Waals surface area contributed by atoms with Gasteiger partial charge in [0, 0.05) is 5.56 Å². The Hall–Kier alpha value is -1.88. The van der Waals surface area contributed by atoms with Crippen LogP contribution in [0.2, 0.25) is 0 Å². The average Bonchev–Trinajstić information content (AvgIpc) is 2.73. The second kappa shape index (κ2) is 5.40. The molecule has 0 aliphatic heterocycles. The Morgan fingerprint density at radius 1 is 1.42 bits per heavy atom. The molecule has 0 saturated carbocycles. The molecule has 1 aromatic carbocycles. The fourth-order valence-electron chi connectivity index (χ4n) is 1.80. The van der Waals surface area contributed by atoms with Crippen molar-refractivity contribution in [3.63, 3.8) is 0 Å². The zero-order valence-electron chi connectivity index (χ0n) is 11.2. The molecule has 2 rings (SSSR count). The Bertz CT molecular complexity index is 579. The first-order chi connectivity index (χ1) is 9.01. The van der Waals surface area contributed by atoms with E-state index in [1.807, 2.05) is 13.8 Å². The van der Waals surface area contributed by atoms with Crippen molar-refractivity contribution >= 4 is 0 Å². The van der Waals surface area contributed by atoms with Crippen LogP contribution in [0.15, 0.2) is 22.6 Å². The number of nitrogens with two attached hydrogens (primary N) is 1. The number of benzene rings is 1. The van der Waals surface area contributed by atoms with Gasteiger partial charge < -0.3 is 14.9 Å². The van der Waals surface area contributed by atoms with Gasteiger partial charge in [0.25, 0.3) is 0 Å².